The molecule has 2 nitrogen and oxygen atoms in total. The Morgan fingerprint density at radius 3 is 1.02 bits per heavy atom. The molecule has 0 heterocycles. The number of phenols is 2. The Labute approximate surface area is 271 Å². The van der Waals surface area contributed by atoms with Gasteiger partial charge in [-0.3, -0.25) is 0 Å². The predicted molar refractivity (Wildman–Crippen MR) is 182 cm³/mol. The van der Waals surface area contributed by atoms with Gasteiger partial charge >= 0.3 is 30.2 Å². The van der Waals surface area contributed by atoms with Crippen LogP contribution in [0, 0.1) is 56.4 Å². The molecule has 0 aliphatic rings. The molecule has 0 unspecified atom stereocenters. The SMILES string of the molecule is Cc1cc2ccccc2[cH-]1.Cc1cc2ccccc2[cH-]1.Cc1cccc(C)c1O.Cc1cccc(C)c1O.[CH3-].[CH3-].[Si]=[Zr]. The number of rotatable bonds is 0. The minimum atomic E-state index is 0. The number of para-hydroxylation sites is 2. The molecule has 0 atom stereocenters. The first-order valence-corrected chi connectivity index (χ1v) is 17.3. The van der Waals surface area contributed by atoms with E-state index in [1.54, 1.807) is 0 Å². The van der Waals surface area contributed by atoms with Gasteiger partial charge in [0.15, 0.2) is 0 Å². The van der Waals surface area contributed by atoms with Crippen molar-refractivity contribution < 1.29 is 33.5 Å². The number of benzene rings is 4. The van der Waals surface area contributed by atoms with Gasteiger partial charge in [-0.1, -0.05) is 62.4 Å². The predicted octanol–water partition coefficient (Wildman–Crippen LogP) is 10.3. The van der Waals surface area contributed by atoms with E-state index < -0.39 is 0 Å². The normalized spacial score (nSPS) is 9.17. The van der Waals surface area contributed by atoms with E-state index in [9.17, 15) is 10.2 Å². The zero-order valence-corrected chi connectivity index (χ0v) is 29.7. The zero-order valence-electron chi connectivity index (χ0n) is 26.3. The molecule has 0 saturated heterocycles. The van der Waals surface area contributed by atoms with Crippen LogP contribution in [0.25, 0.3) is 21.5 Å². The van der Waals surface area contributed by atoms with E-state index in [1.165, 1.54) is 56.0 Å². The van der Waals surface area contributed by atoms with E-state index in [4.69, 9.17) is 0 Å². The third-order valence-electron chi connectivity index (χ3n) is 6.40. The van der Waals surface area contributed by atoms with Crippen molar-refractivity contribution in [1.29, 1.82) is 0 Å². The topological polar surface area (TPSA) is 40.5 Å². The molecule has 220 valence electrons. The third kappa shape index (κ3) is 12.0. The summed E-state index contributed by atoms with van der Waals surface area (Å²) in [4.78, 5) is 0. The van der Waals surface area contributed by atoms with Gasteiger partial charge < -0.3 is 25.1 Å². The Balaban J connectivity index is 0.000000516. The van der Waals surface area contributed by atoms with Crippen molar-refractivity contribution in [2.75, 3.05) is 0 Å². The van der Waals surface area contributed by atoms with Gasteiger partial charge in [0.1, 0.15) is 11.5 Å². The van der Waals surface area contributed by atoms with E-state index in [0.717, 1.165) is 22.3 Å². The molecule has 0 aliphatic carbocycles. The molecule has 2 N–H and O–H groups in total. The first kappa shape index (κ1) is 38.8. The van der Waals surface area contributed by atoms with Gasteiger partial charge in [0.05, 0.1) is 0 Å². The molecule has 0 aliphatic heterocycles. The molecular weight excluding hydrogens is 608 g/mol. The third-order valence-corrected chi connectivity index (χ3v) is 6.40. The van der Waals surface area contributed by atoms with Gasteiger partial charge in [-0.15, -0.1) is 81.2 Å². The van der Waals surface area contributed by atoms with Crippen LogP contribution in [0.15, 0.2) is 109 Å². The summed E-state index contributed by atoms with van der Waals surface area (Å²) in [5, 5.41) is 23.8. The van der Waals surface area contributed by atoms with Gasteiger partial charge in [0.2, 0.25) is 0 Å². The summed E-state index contributed by atoms with van der Waals surface area (Å²) in [6.07, 6.45) is 0. The van der Waals surface area contributed by atoms with Crippen LogP contribution in [0.4, 0.5) is 0 Å². The van der Waals surface area contributed by atoms with Crippen molar-refractivity contribution in [2.24, 2.45) is 0 Å². The number of fused-ring (bicyclic) bond motifs is 2. The molecule has 6 aromatic carbocycles. The number of hydrogen-bond acceptors (Lipinski definition) is 2. The minimum absolute atomic E-state index is 0. The summed E-state index contributed by atoms with van der Waals surface area (Å²) in [5.74, 6) is 0.829. The average Bonchev–Trinajstić information content (AvgIpc) is 3.53. The summed E-state index contributed by atoms with van der Waals surface area (Å²) >= 11 is 1.36. The van der Waals surface area contributed by atoms with Crippen LogP contribution in [-0.4, -0.2) is 17.1 Å². The fraction of sp³-hybridized carbons (Fsp3) is 0.158. The molecule has 2 radical (unpaired) electrons. The van der Waals surface area contributed by atoms with Crippen molar-refractivity contribution in [3.8, 4) is 11.5 Å². The fourth-order valence-corrected chi connectivity index (χ4v) is 4.22. The molecule has 0 saturated carbocycles. The second-order valence-electron chi connectivity index (χ2n) is 9.80. The second kappa shape index (κ2) is 19.8. The summed E-state index contributed by atoms with van der Waals surface area (Å²) < 4.78 is 0. The van der Waals surface area contributed by atoms with Gasteiger partial charge in [-0.25, -0.2) is 0 Å². The number of aryl methyl sites for hydroxylation is 6. The fourth-order valence-electron chi connectivity index (χ4n) is 4.22. The standard InChI is InChI=1S/2C10H9.2C8H10O.2CH3.Si.Zr/c2*1-8-6-9-4-2-3-5-10(9)7-8;2*1-6-4-3-5-7(2)8(6)9;;;;/h2*2-7H,1H3;2*3-5,9H,1-2H3;2*1H3;;/q2*-1;;;2*-1;;. The van der Waals surface area contributed by atoms with E-state index in [0.29, 0.717) is 11.5 Å². The van der Waals surface area contributed by atoms with Crippen LogP contribution in [0.1, 0.15) is 33.4 Å². The molecule has 6 rings (SSSR count). The Morgan fingerprint density at radius 2 is 0.762 bits per heavy atom. The molecule has 0 aromatic heterocycles. The van der Waals surface area contributed by atoms with Crippen molar-refractivity contribution in [1.82, 2.24) is 0 Å². The van der Waals surface area contributed by atoms with E-state index in [1.807, 2.05) is 64.1 Å². The van der Waals surface area contributed by atoms with Crippen LogP contribution in [0.3, 0.4) is 0 Å². The van der Waals surface area contributed by atoms with Crippen LogP contribution in [-0.2, 0) is 23.3 Å². The second-order valence-corrected chi connectivity index (χ2v) is 9.80. The van der Waals surface area contributed by atoms with E-state index >= 15 is 0 Å². The van der Waals surface area contributed by atoms with Crippen molar-refractivity contribution in [2.45, 2.75) is 41.5 Å². The molecule has 0 spiro atoms. The Hall–Kier alpha value is -3.20. The molecule has 4 heteroatoms. The van der Waals surface area contributed by atoms with Gasteiger partial charge in [0.25, 0.3) is 0 Å². The van der Waals surface area contributed by atoms with E-state index in [-0.39, 0.29) is 14.9 Å². The van der Waals surface area contributed by atoms with Crippen molar-refractivity contribution in [3.05, 3.63) is 157 Å². The Kier molecular flexibility index (Phi) is 18.3. The van der Waals surface area contributed by atoms with Crippen LogP contribution >= 0.6 is 0 Å². The molecule has 0 fully saturated rings. The first-order valence-electron chi connectivity index (χ1n) is 13.1. The molecule has 0 amide bonds. The maximum atomic E-state index is 9.21. The van der Waals surface area contributed by atoms with Crippen molar-refractivity contribution in [3.63, 3.8) is 0 Å². The molecule has 42 heavy (non-hydrogen) atoms. The number of phenolic OH excluding ortho intramolecular Hbond substituents is 2. The van der Waals surface area contributed by atoms with Crippen LogP contribution in [0.5, 0.6) is 11.5 Å². The monoisotopic (exact) mass is 650 g/mol. The average molecular weight is 652 g/mol. The molecular formula is C38H44O2SiZr-4. The van der Waals surface area contributed by atoms with Crippen LogP contribution in [0.2, 0.25) is 0 Å². The number of hydrogen-bond donors (Lipinski definition) is 2. The zero-order chi connectivity index (χ0) is 29.7. The van der Waals surface area contributed by atoms with Crippen molar-refractivity contribution >= 4 is 28.4 Å². The quantitative estimate of drug-likeness (QED) is 0.127. The Morgan fingerprint density at radius 1 is 0.476 bits per heavy atom. The van der Waals surface area contributed by atoms with Gasteiger partial charge in [-0.2, -0.15) is 12.1 Å². The summed E-state index contributed by atoms with van der Waals surface area (Å²) in [5.41, 5.74) is 6.46. The van der Waals surface area contributed by atoms with Gasteiger partial charge in [0, 0.05) is 0 Å². The summed E-state index contributed by atoms with van der Waals surface area (Å²) in [6, 6.07) is 37.1. The molecule has 6 aromatic rings. The molecule has 0 bridgehead atoms. The number of aromatic hydroxyl groups is 2. The first-order chi connectivity index (χ1) is 19.2. The van der Waals surface area contributed by atoms with Crippen LogP contribution < -0.4 is 0 Å². The summed E-state index contributed by atoms with van der Waals surface area (Å²) in [6.45, 7) is 14.9. The Bertz CT molecular complexity index is 1400. The van der Waals surface area contributed by atoms with E-state index in [2.05, 4.69) is 93.5 Å². The van der Waals surface area contributed by atoms with Gasteiger partial charge in [-0.05, 0) is 49.9 Å². The summed E-state index contributed by atoms with van der Waals surface area (Å²) in [7, 11) is 0. The maximum absolute atomic E-state index is 9.21.